The van der Waals surface area contributed by atoms with Gasteiger partial charge in [-0.1, -0.05) is 0 Å². The summed E-state index contributed by atoms with van der Waals surface area (Å²) in [6.07, 6.45) is -0.865. The summed E-state index contributed by atoms with van der Waals surface area (Å²) in [6, 6.07) is 0.246. The molecule has 0 spiro atoms. The fraction of sp³-hybridized carbons (Fsp3) is 0.833. The average molecular weight is 261 g/mol. The lowest BCUT2D eigenvalue weighted by Gasteiger charge is -2.29. The van der Waals surface area contributed by atoms with Gasteiger partial charge in [-0.15, -0.1) is 10.2 Å². The molecule has 1 aromatic rings. The van der Waals surface area contributed by atoms with E-state index in [1.165, 1.54) is 0 Å². The third-order valence-corrected chi connectivity index (χ3v) is 3.71. The third-order valence-electron chi connectivity index (χ3n) is 3.71. The van der Waals surface area contributed by atoms with Gasteiger partial charge in [-0.3, -0.25) is 0 Å². The number of nitrogens with zero attached hydrogens (tertiary/aromatic N) is 3. The Morgan fingerprint density at radius 1 is 1.22 bits per heavy atom. The van der Waals surface area contributed by atoms with Gasteiger partial charge in [0.2, 0.25) is 0 Å². The van der Waals surface area contributed by atoms with E-state index in [-0.39, 0.29) is 24.8 Å². The summed E-state index contributed by atoms with van der Waals surface area (Å²) in [6.45, 7) is 4.04. The smallest absolute Gasteiger partial charge is 0.315 e. The first kappa shape index (κ1) is 13.4. The molecule has 0 N–H and O–H groups in total. The van der Waals surface area contributed by atoms with Crippen molar-refractivity contribution in [2.24, 2.45) is 5.92 Å². The molecule has 1 saturated carbocycles. The lowest BCUT2D eigenvalue weighted by Crippen LogP contribution is -2.28. The van der Waals surface area contributed by atoms with Crippen LogP contribution in [0.25, 0.3) is 0 Å². The van der Waals surface area contributed by atoms with Crippen LogP contribution in [0.5, 0.6) is 0 Å². The number of halogens is 3. The Balaban J connectivity index is 2.04. The number of rotatable bonds is 2. The van der Waals surface area contributed by atoms with Crippen molar-refractivity contribution in [2.75, 3.05) is 0 Å². The molecular formula is C12H18F3N3. The highest BCUT2D eigenvalue weighted by Crippen LogP contribution is 2.42. The maximum Gasteiger partial charge on any atom is 0.391 e. The predicted molar refractivity (Wildman–Crippen MR) is 61.2 cm³/mol. The van der Waals surface area contributed by atoms with E-state index in [9.17, 15) is 13.2 Å². The van der Waals surface area contributed by atoms with E-state index in [1.54, 1.807) is 6.33 Å². The summed E-state index contributed by atoms with van der Waals surface area (Å²) in [7, 11) is 0. The van der Waals surface area contributed by atoms with Gasteiger partial charge in [0.15, 0.2) is 0 Å². The van der Waals surface area contributed by atoms with Crippen LogP contribution < -0.4 is 0 Å². The molecule has 1 heterocycles. The largest absolute Gasteiger partial charge is 0.391 e. The van der Waals surface area contributed by atoms with Gasteiger partial charge >= 0.3 is 6.18 Å². The Morgan fingerprint density at radius 3 is 2.33 bits per heavy atom. The minimum atomic E-state index is -4.04. The molecule has 0 unspecified atom stereocenters. The zero-order valence-corrected chi connectivity index (χ0v) is 10.6. The zero-order chi connectivity index (χ0) is 13.3. The lowest BCUT2D eigenvalue weighted by atomic mass is 9.81. The van der Waals surface area contributed by atoms with Crippen LogP contribution in [-0.4, -0.2) is 20.9 Å². The highest BCUT2D eigenvalue weighted by molar-refractivity contribution is 5.00. The van der Waals surface area contributed by atoms with Gasteiger partial charge in [0.05, 0.1) is 5.92 Å². The average Bonchev–Trinajstić information content (AvgIpc) is 2.77. The summed E-state index contributed by atoms with van der Waals surface area (Å²) in [5.41, 5.74) is 0. The number of aromatic nitrogens is 3. The monoisotopic (exact) mass is 261 g/mol. The molecule has 2 rings (SSSR count). The predicted octanol–water partition coefficient (Wildman–Crippen LogP) is 3.70. The molecule has 1 fully saturated rings. The molecule has 0 bridgehead atoms. The fourth-order valence-corrected chi connectivity index (χ4v) is 2.62. The molecule has 1 aromatic heterocycles. The molecule has 0 aliphatic heterocycles. The maximum absolute atomic E-state index is 12.6. The van der Waals surface area contributed by atoms with Crippen molar-refractivity contribution in [1.82, 2.24) is 14.8 Å². The molecule has 1 aliphatic carbocycles. The van der Waals surface area contributed by atoms with Crippen LogP contribution in [0.2, 0.25) is 0 Å². The van der Waals surface area contributed by atoms with E-state index in [1.807, 2.05) is 18.4 Å². The Bertz CT molecular complexity index is 390. The van der Waals surface area contributed by atoms with Crippen molar-refractivity contribution in [3.63, 3.8) is 0 Å². The number of hydrogen-bond acceptors (Lipinski definition) is 2. The van der Waals surface area contributed by atoms with Gasteiger partial charge in [0, 0.05) is 12.0 Å². The quantitative estimate of drug-likeness (QED) is 0.812. The molecule has 6 heteroatoms. The van der Waals surface area contributed by atoms with E-state index in [2.05, 4.69) is 10.2 Å². The maximum atomic E-state index is 12.6. The Kier molecular flexibility index (Phi) is 3.64. The molecule has 0 amide bonds. The first-order valence-electron chi connectivity index (χ1n) is 6.35. The second kappa shape index (κ2) is 4.90. The van der Waals surface area contributed by atoms with Crippen LogP contribution in [0.15, 0.2) is 6.33 Å². The van der Waals surface area contributed by atoms with Crippen LogP contribution in [0.3, 0.4) is 0 Å². The minimum Gasteiger partial charge on any atom is -0.315 e. The van der Waals surface area contributed by atoms with Crippen molar-refractivity contribution in [2.45, 2.75) is 57.7 Å². The summed E-state index contributed by atoms with van der Waals surface area (Å²) >= 11 is 0. The normalized spacial score (nSPS) is 25.7. The molecule has 0 saturated heterocycles. The standard InChI is InChI=1S/C12H18F3N3/c1-8(2)18-7-16-17-11(18)9-3-5-10(6-4-9)12(13,14)15/h7-10H,3-6H2,1-2H3. The molecule has 0 aromatic carbocycles. The van der Waals surface area contributed by atoms with Crippen molar-refractivity contribution in [1.29, 1.82) is 0 Å². The highest BCUT2D eigenvalue weighted by atomic mass is 19.4. The summed E-state index contributed by atoms with van der Waals surface area (Å²) < 4.78 is 39.7. The Morgan fingerprint density at radius 2 is 1.83 bits per heavy atom. The molecule has 1 aliphatic rings. The van der Waals surface area contributed by atoms with Gasteiger partial charge in [-0.25, -0.2) is 0 Å². The highest BCUT2D eigenvalue weighted by Gasteiger charge is 2.42. The molecule has 3 nitrogen and oxygen atoms in total. The Labute approximate surface area is 104 Å². The van der Waals surface area contributed by atoms with Crippen LogP contribution in [0.4, 0.5) is 13.2 Å². The van der Waals surface area contributed by atoms with Crippen LogP contribution in [0, 0.1) is 5.92 Å². The van der Waals surface area contributed by atoms with E-state index in [0.29, 0.717) is 12.8 Å². The molecule has 0 radical (unpaired) electrons. The summed E-state index contributed by atoms with van der Waals surface area (Å²) in [5, 5.41) is 7.96. The van der Waals surface area contributed by atoms with Gasteiger partial charge in [-0.05, 0) is 39.5 Å². The van der Waals surface area contributed by atoms with Crippen LogP contribution in [0.1, 0.15) is 57.3 Å². The van der Waals surface area contributed by atoms with Crippen molar-refractivity contribution >= 4 is 0 Å². The lowest BCUT2D eigenvalue weighted by molar-refractivity contribution is -0.182. The first-order valence-corrected chi connectivity index (χ1v) is 6.35. The summed E-state index contributed by atoms with van der Waals surface area (Å²) in [5.74, 6) is -0.178. The van der Waals surface area contributed by atoms with Gasteiger partial charge in [0.25, 0.3) is 0 Å². The zero-order valence-electron chi connectivity index (χ0n) is 10.6. The van der Waals surface area contributed by atoms with Crippen LogP contribution in [-0.2, 0) is 0 Å². The van der Waals surface area contributed by atoms with E-state index in [0.717, 1.165) is 5.82 Å². The van der Waals surface area contributed by atoms with Gasteiger partial charge < -0.3 is 4.57 Å². The minimum absolute atomic E-state index is 0.119. The molecule has 18 heavy (non-hydrogen) atoms. The first-order chi connectivity index (χ1) is 8.39. The Hall–Kier alpha value is -1.07. The summed E-state index contributed by atoms with van der Waals surface area (Å²) in [4.78, 5) is 0. The molecule has 102 valence electrons. The molecular weight excluding hydrogens is 243 g/mol. The second-order valence-electron chi connectivity index (χ2n) is 5.28. The second-order valence-corrected chi connectivity index (χ2v) is 5.28. The van der Waals surface area contributed by atoms with Gasteiger partial charge in [0.1, 0.15) is 12.2 Å². The van der Waals surface area contributed by atoms with Crippen molar-refractivity contribution in [3.05, 3.63) is 12.2 Å². The number of hydrogen-bond donors (Lipinski definition) is 0. The van der Waals surface area contributed by atoms with E-state index >= 15 is 0 Å². The van der Waals surface area contributed by atoms with Gasteiger partial charge in [-0.2, -0.15) is 13.2 Å². The molecule has 0 atom stereocenters. The van der Waals surface area contributed by atoms with E-state index in [4.69, 9.17) is 0 Å². The van der Waals surface area contributed by atoms with Crippen molar-refractivity contribution < 1.29 is 13.2 Å². The number of alkyl halides is 3. The SMILES string of the molecule is CC(C)n1cnnc1C1CCC(C(F)(F)F)CC1. The fourth-order valence-electron chi connectivity index (χ4n) is 2.62. The topological polar surface area (TPSA) is 30.7 Å². The van der Waals surface area contributed by atoms with Crippen LogP contribution >= 0.6 is 0 Å². The van der Waals surface area contributed by atoms with Crippen molar-refractivity contribution in [3.8, 4) is 0 Å². The third kappa shape index (κ3) is 2.67. The van der Waals surface area contributed by atoms with E-state index < -0.39 is 12.1 Å².